The normalized spacial score (nSPS) is 11.6. The molecule has 0 aliphatic rings. The molecular weight excluding hydrogens is 386 g/mol. The molecule has 154 valence electrons. The summed E-state index contributed by atoms with van der Waals surface area (Å²) in [7, 11) is 0. The van der Waals surface area contributed by atoms with E-state index in [1.165, 1.54) is 6.07 Å². The molecule has 1 aromatic heterocycles. The summed E-state index contributed by atoms with van der Waals surface area (Å²) in [6.45, 7) is 4.94. The van der Waals surface area contributed by atoms with Gasteiger partial charge >= 0.3 is 6.61 Å². The summed E-state index contributed by atoms with van der Waals surface area (Å²) >= 11 is 1.57. The quantitative estimate of drug-likeness (QED) is 0.454. The molecule has 28 heavy (non-hydrogen) atoms. The molecule has 0 bridgehead atoms. The molecule has 0 atom stereocenters. The van der Waals surface area contributed by atoms with Gasteiger partial charge in [-0.25, -0.2) is 9.98 Å². The van der Waals surface area contributed by atoms with Crippen molar-refractivity contribution in [3.8, 4) is 11.5 Å². The highest BCUT2D eigenvalue weighted by Gasteiger charge is 2.12. The first-order valence-electron chi connectivity index (χ1n) is 9.15. The summed E-state index contributed by atoms with van der Waals surface area (Å²) in [5.74, 6) is 1.15. The van der Waals surface area contributed by atoms with Crippen LogP contribution in [0.3, 0.4) is 0 Å². The van der Waals surface area contributed by atoms with E-state index in [1.54, 1.807) is 29.0 Å². The lowest BCUT2D eigenvalue weighted by atomic mass is 10.2. The van der Waals surface area contributed by atoms with E-state index in [-0.39, 0.29) is 12.3 Å². The van der Waals surface area contributed by atoms with Gasteiger partial charge in [-0.05, 0) is 32.4 Å². The number of nitrogens with zero attached hydrogens (tertiary/aromatic N) is 2. The number of thiazole rings is 1. The maximum absolute atomic E-state index is 12.8. The van der Waals surface area contributed by atoms with Crippen molar-refractivity contribution in [1.82, 2.24) is 15.6 Å². The van der Waals surface area contributed by atoms with Crippen LogP contribution >= 0.6 is 11.3 Å². The molecule has 0 aliphatic carbocycles. The smallest absolute Gasteiger partial charge is 0.387 e. The molecule has 0 spiro atoms. The van der Waals surface area contributed by atoms with Gasteiger partial charge in [-0.2, -0.15) is 8.78 Å². The molecule has 0 fully saturated rings. The lowest BCUT2D eigenvalue weighted by Gasteiger charge is -2.14. The van der Waals surface area contributed by atoms with Gasteiger partial charge in [0.05, 0.1) is 30.9 Å². The number of aromatic nitrogens is 1. The maximum Gasteiger partial charge on any atom is 0.387 e. The van der Waals surface area contributed by atoms with E-state index >= 15 is 0 Å². The summed E-state index contributed by atoms with van der Waals surface area (Å²) in [4.78, 5) is 9.82. The fourth-order valence-corrected chi connectivity index (χ4v) is 3.06. The third-order valence-electron chi connectivity index (χ3n) is 3.74. The van der Waals surface area contributed by atoms with Crippen LogP contribution in [-0.2, 0) is 13.1 Å². The van der Waals surface area contributed by atoms with Gasteiger partial charge in [-0.1, -0.05) is 6.92 Å². The van der Waals surface area contributed by atoms with Crippen LogP contribution in [0.5, 0.6) is 11.5 Å². The summed E-state index contributed by atoms with van der Waals surface area (Å²) in [5, 5.41) is 6.37. The molecule has 0 saturated heterocycles. The van der Waals surface area contributed by atoms with E-state index in [0.29, 0.717) is 37.0 Å². The Kier molecular flexibility index (Phi) is 8.93. The van der Waals surface area contributed by atoms with Crippen molar-refractivity contribution in [2.24, 2.45) is 4.99 Å². The van der Waals surface area contributed by atoms with Crippen molar-refractivity contribution in [2.45, 2.75) is 46.9 Å². The SMILES string of the molecule is CCCOc1ccc(CN=C(NCC)NCc2scnc2C)c(OC(F)F)c1. The molecule has 2 N–H and O–H groups in total. The molecule has 0 saturated carbocycles. The third-order valence-corrected chi connectivity index (χ3v) is 4.68. The predicted molar refractivity (Wildman–Crippen MR) is 107 cm³/mol. The second kappa shape index (κ2) is 11.4. The third kappa shape index (κ3) is 6.95. The largest absolute Gasteiger partial charge is 0.493 e. The van der Waals surface area contributed by atoms with E-state index in [0.717, 1.165) is 17.0 Å². The summed E-state index contributed by atoms with van der Waals surface area (Å²) in [6, 6.07) is 4.91. The number of halogens is 2. The topological polar surface area (TPSA) is 67.8 Å². The molecule has 0 unspecified atom stereocenters. The monoisotopic (exact) mass is 412 g/mol. The van der Waals surface area contributed by atoms with Gasteiger partial charge in [0.1, 0.15) is 11.5 Å². The van der Waals surface area contributed by atoms with Gasteiger partial charge in [-0.3, -0.25) is 0 Å². The molecule has 2 rings (SSSR count). The number of benzene rings is 1. The van der Waals surface area contributed by atoms with Crippen LogP contribution in [0, 0.1) is 6.92 Å². The van der Waals surface area contributed by atoms with Crippen molar-refractivity contribution in [3.05, 3.63) is 39.8 Å². The Bertz CT molecular complexity index is 768. The number of alkyl halides is 2. The highest BCUT2D eigenvalue weighted by molar-refractivity contribution is 7.09. The van der Waals surface area contributed by atoms with Crippen molar-refractivity contribution < 1.29 is 18.3 Å². The Morgan fingerprint density at radius 3 is 2.75 bits per heavy atom. The van der Waals surface area contributed by atoms with Gasteiger partial charge in [0, 0.05) is 23.1 Å². The average Bonchev–Trinajstić information content (AvgIpc) is 3.07. The Labute approximate surface area is 168 Å². The first-order chi connectivity index (χ1) is 13.5. The van der Waals surface area contributed by atoms with Crippen LogP contribution in [0.25, 0.3) is 0 Å². The molecule has 1 heterocycles. The van der Waals surface area contributed by atoms with Crippen LogP contribution in [0.4, 0.5) is 8.78 Å². The lowest BCUT2D eigenvalue weighted by Crippen LogP contribution is -2.36. The number of rotatable bonds is 10. The van der Waals surface area contributed by atoms with Crippen LogP contribution in [-0.4, -0.2) is 30.7 Å². The second-order valence-electron chi connectivity index (χ2n) is 5.91. The lowest BCUT2D eigenvalue weighted by molar-refractivity contribution is -0.0505. The Hall–Kier alpha value is -2.42. The highest BCUT2D eigenvalue weighted by atomic mass is 32.1. The highest BCUT2D eigenvalue weighted by Crippen LogP contribution is 2.27. The summed E-state index contributed by atoms with van der Waals surface area (Å²) in [6.07, 6.45) is 0.827. The van der Waals surface area contributed by atoms with Crippen molar-refractivity contribution in [1.29, 1.82) is 0 Å². The molecule has 1 aromatic carbocycles. The number of hydrogen-bond acceptors (Lipinski definition) is 5. The van der Waals surface area contributed by atoms with Gasteiger partial charge in [-0.15, -0.1) is 11.3 Å². The number of nitrogens with one attached hydrogen (secondary N) is 2. The maximum atomic E-state index is 12.8. The first kappa shape index (κ1) is 21.9. The summed E-state index contributed by atoms with van der Waals surface area (Å²) < 4.78 is 35.7. The zero-order valence-corrected chi connectivity index (χ0v) is 17.1. The number of hydrogen-bond donors (Lipinski definition) is 2. The molecule has 0 amide bonds. The van der Waals surface area contributed by atoms with Crippen molar-refractivity contribution >= 4 is 17.3 Å². The predicted octanol–water partition coefficient (Wildman–Crippen LogP) is 4.10. The molecule has 0 radical (unpaired) electrons. The van der Waals surface area contributed by atoms with Gasteiger partial charge in [0.2, 0.25) is 0 Å². The van der Waals surface area contributed by atoms with Crippen LogP contribution in [0.1, 0.15) is 36.4 Å². The van der Waals surface area contributed by atoms with E-state index in [9.17, 15) is 8.78 Å². The fourth-order valence-electron chi connectivity index (χ4n) is 2.35. The number of aliphatic imine (C=N–C) groups is 1. The van der Waals surface area contributed by atoms with Crippen LogP contribution in [0.2, 0.25) is 0 Å². The van der Waals surface area contributed by atoms with E-state index in [1.807, 2.05) is 20.8 Å². The zero-order valence-electron chi connectivity index (χ0n) is 16.3. The number of aryl methyl sites for hydroxylation is 1. The van der Waals surface area contributed by atoms with Gasteiger partial charge in [0.25, 0.3) is 0 Å². The van der Waals surface area contributed by atoms with Crippen LogP contribution < -0.4 is 20.1 Å². The van der Waals surface area contributed by atoms with Gasteiger partial charge in [0.15, 0.2) is 5.96 Å². The average molecular weight is 413 g/mol. The minimum absolute atomic E-state index is 0.0708. The van der Waals surface area contributed by atoms with Gasteiger partial charge < -0.3 is 20.1 Å². The molecule has 0 aliphatic heterocycles. The minimum atomic E-state index is -2.91. The molecule has 2 aromatic rings. The number of ether oxygens (including phenoxy) is 2. The van der Waals surface area contributed by atoms with Crippen LogP contribution in [0.15, 0.2) is 28.7 Å². The summed E-state index contributed by atoms with van der Waals surface area (Å²) in [5.41, 5.74) is 3.32. The Morgan fingerprint density at radius 1 is 1.29 bits per heavy atom. The zero-order chi connectivity index (χ0) is 20.4. The van der Waals surface area contributed by atoms with E-state index in [2.05, 4.69) is 25.3 Å². The van der Waals surface area contributed by atoms with Crippen molar-refractivity contribution in [2.75, 3.05) is 13.2 Å². The second-order valence-corrected chi connectivity index (χ2v) is 6.85. The minimum Gasteiger partial charge on any atom is -0.493 e. The molecule has 9 heteroatoms. The fraction of sp³-hybridized carbons (Fsp3) is 0.474. The first-order valence-corrected chi connectivity index (χ1v) is 10.0. The molecule has 6 nitrogen and oxygen atoms in total. The van der Waals surface area contributed by atoms with Crippen molar-refractivity contribution in [3.63, 3.8) is 0 Å². The van der Waals surface area contributed by atoms with E-state index < -0.39 is 6.61 Å². The Morgan fingerprint density at radius 2 is 2.11 bits per heavy atom. The molecular formula is C19H26F2N4O2S. The number of guanidine groups is 1. The standard InChI is InChI=1S/C19H26F2N4O2S/c1-4-8-26-15-7-6-14(16(9-15)27-18(20)21)10-23-19(22-5-2)24-11-17-13(3)25-12-28-17/h6-7,9,12,18H,4-5,8,10-11H2,1-3H3,(H2,22,23,24). The van der Waals surface area contributed by atoms with E-state index in [4.69, 9.17) is 4.74 Å². The Balaban J connectivity index is 2.11.